The molecule has 1 fully saturated rings. The van der Waals surface area contributed by atoms with Crippen molar-refractivity contribution in [3.05, 3.63) is 29.8 Å². The Morgan fingerprint density at radius 2 is 2.08 bits per heavy atom. The Morgan fingerprint density at radius 1 is 1.35 bits per heavy atom. The minimum atomic E-state index is -0.814. The SMILES string of the molecule is CCN1CCC(CCNC(=O)N(CC)C[C@H](O)c2cccc(O)c2)CC1. The van der Waals surface area contributed by atoms with E-state index in [0.29, 0.717) is 24.6 Å². The highest BCUT2D eigenvalue weighted by Crippen LogP contribution is 2.20. The number of likely N-dealkylation sites (N-methyl/N-ethyl adjacent to an activating group) is 1. The fourth-order valence-electron chi connectivity index (χ4n) is 3.49. The van der Waals surface area contributed by atoms with E-state index < -0.39 is 6.10 Å². The molecule has 0 saturated carbocycles. The van der Waals surface area contributed by atoms with Gasteiger partial charge in [0, 0.05) is 13.1 Å². The predicted molar refractivity (Wildman–Crippen MR) is 103 cm³/mol. The number of aliphatic hydroxyl groups excluding tert-OH is 1. The summed E-state index contributed by atoms with van der Waals surface area (Å²) in [6, 6.07) is 6.38. The molecule has 2 amide bonds. The maximum atomic E-state index is 12.4. The molecule has 2 rings (SSSR count). The Bertz CT molecular complexity index is 559. The average Bonchev–Trinajstić information content (AvgIpc) is 2.66. The Morgan fingerprint density at radius 3 is 2.69 bits per heavy atom. The zero-order valence-corrected chi connectivity index (χ0v) is 16.0. The third-order valence-corrected chi connectivity index (χ3v) is 5.30. The van der Waals surface area contributed by atoms with E-state index in [2.05, 4.69) is 17.1 Å². The first-order valence-corrected chi connectivity index (χ1v) is 9.75. The van der Waals surface area contributed by atoms with Gasteiger partial charge in [0.1, 0.15) is 5.75 Å². The number of piperidine rings is 1. The molecule has 0 aliphatic carbocycles. The minimum absolute atomic E-state index is 0.114. The van der Waals surface area contributed by atoms with Crippen molar-refractivity contribution in [2.24, 2.45) is 5.92 Å². The van der Waals surface area contributed by atoms with Crippen LogP contribution in [0.15, 0.2) is 24.3 Å². The van der Waals surface area contributed by atoms with E-state index in [1.54, 1.807) is 23.1 Å². The second-order valence-corrected chi connectivity index (χ2v) is 7.05. The van der Waals surface area contributed by atoms with Crippen LogP contribution in [0.25, 0.3) is 0 Å². The van der Waals surface area contributed by atoms with Crippen LogP contribution in [0.5, 0.6) is 5.75 Å². The molecule has 0 unspecified atom stereocenters. The van der Waals surface area contributed by atoms with E-state index in [1.165, 1.54) is 18.9 Å². The second-order valence-electron chi connectivity index (χ2n) is 7.05. The molecule has 1 saturated heterocycles. The molecule has 1 aromatic carbocycles. The number of aromatic hydroxyl groups is 1. The summed E-state index contributed by atoms with van der Waals surface area (Å²) in [5.74, 6) is 0.800. The van der Waals surface area contributed by atoms with Gasteiger partial charge < -0.3 is 25.3 Å². The zero-order chi connectivity index (χ0) is 18.9. The summed E-state index contributed by atoms with van der Waals surface area (Å²) in [5.41, 5.74) is 0.610. The summed E-state index contributed by atoms with van der Waals surface area (Å²) in [4.78, 5) is 16.5. The molecule has 1 aliphatic heterocycles. The van der Waals surface area contributed by atoms with Gasteiger partial charge in [-0.1, -0.05) is 19.1 Å². The van der Waals surface area contributed by atoms with Gasteiger partial charge in [-0.05, 0) is 69.4 Å². The number of hydrogen-bond donors (Lipinski definition) is 3. The van der Waals surface area contributed by atoms with Crippen molar-refractivity contribution in [3.63, 3.8) is 0 Å². The lowest BCUT2D eigenvalue weighted by molar-refractivity contribution is 0.122. The van der Waals surface area contributed by atoms with E-state index in [4.69, 9.17) is 0 Å². The van der Waals surface area contributed by atoms with Crippen LogP contribution in [0, 0.1) is 5.92 Å². The third-order valence-electron chi connectivity index (χ3n) is 5.30. The van der Waals surface area contributed by atoms with Crippen molar-refractivity contribution < 1.29 is 15.0 Å². The number of carbonyl (C=O) groups is 1. The number of phenols is 1. The third kappa shape index (κ3) is 6.18. The molecule has 0 aromatic heterocycles. The molecular formula is C20H33N3O3. The lowest BCUT2D eigenvalue weighted by Crippen LogP contribution is -2.43. The molecule has 0 bridgehead atoms. The Balaban J connectivity index is 1.74. The maximum absolute atomic E-state index is 12.4. The van der Waals surface area contributed by atoms with Crippen LogP contribution >= 0.6 is 0 Å². The second kappa shape index (κ2) is 10.4. The molecule has 1 aliphatic rings. The van der Waals surface area contributed by atoms with E-state index in [0.717, 1.165) is 26.1 Å². The lowest BCUT2D eigenvalue weighted by atomic mass is 9.93. The largest absolute Gasteiger partial charge is 0.508 e. The Labute approximate surface area is 156 Å². The average molecular weight is 364 g/mol. The minimum Gasteiger partial charge on any atom is -0.508 e. The number of carbonyl (C=O) groups excluding carboxylic acids is 1. The predicted octanol–water partition coefficient (Wildman–Crippen LogP) is 2.58. The number of nitrogens with one attached hydrogen (secondary N) is 1. The normalized spacial score (nSPS) is 17.0. The highest BCUT2D eigenvalue weighted by atomic mass is 16.3. The van der Waals surface area contributed by atoms with Crippen molar-refractivity contribution in [2.45, 2.75) is 39.2 Å². The highest BCUT2D eigenvalue weighted by Gasteiger charge is 2.20. The number of rotatable bonds is 8. The number of phenolic OH excluding ortho intramolecular Hbond substituents is 1. The summed E-state index contributed by atoms with van der Waals surface area (Å²) in [7, 11) is 0. The first kappa shape index (κ1) is 20.5. The van der Waals surface area contributed by atoms with Crippen LogP contribution in [0.4, 0.5) is 4.79 Å². The number of nitrogens with zero attached hydrogens (tertiary/aromatic N) is 2. The molecule has 26 heavy (non-hydrogen) atoms. The molecule has 6 nitrogen and oxygen atoms in total. The molecule has 3 N–H and O–H groups in total. The smallest absolute Gasteiger partial charge is 0.317 e. The molecule has 0 radical (unpaired) electrons. The van der Waals surface area contributed by atoms with Gasteiger partial charge in [0.25, 0.3) is 0 Å². The maximum Gasteiger partial charge on any atom is 0.317 e. The standard InChI is InChI=1S/C20H33N3O3/c1-3-22-12-9-16(10-13-22)8-11-21-20(26)23(4-2)15-19(25)17-6-5-7-18(24)14-17/h5-7,14,16,19,24-25H,3-4,8-13,15H2,1-2H3,(H,21,26)/t19-/m0/s1. The number of benzene rings is 1. The number of amides is 2. The molecule has 6 heteroatoms. The summed E-state index contributed by atoms with van der Waals surface area (Å²) in [6.45, 7) is 8.95. The molecular weight excluding hydrogens is 330 g/mol. The zero-order valence-electron chi connectivity index (χ0n) is 16.0. The molecule has 1 atom stereocenters. The van der Waals surface area contributed by atoms with Crippen molar-refractivity contribution in [1.29, 1.82) is 0 Å². The van der Waals surface area contributed by atoms with E-state index in [-0.39, 0.29) is 18.3 Å². The van der Waals surface area contributed by atoms with Crippen molar-refractivity contribution >= 4 is 6.03 Å². The van der Waals surface area contributed by atoms with E-state index >= 15 is 0 Å². The van der Waals surface area contributed by atoms with Crippen molar-refractivity contribution in [2.75, 3.05) is 39.3 Å². The van der Waals surface area contributed by atoms with Crippen molar-refractivity contribution in [3.8, 4) is 5.75 Å². The summed E-state index contributed by atoms with van der Waals surface area (Å²) in [6.07, 6.45) is 2.61. The van der Waals surface area contributed by atoms with Gasteiger partial charge in [0.15, 0.2) is 0 Å². The van der Waals surface area contributed by atoms with Crippen LogP contribution in [-0.4, -0.2) is 65.3 Å². The van der Waals surface area contributed by atoms with Gasteiger partial charge >= 0.3 is 6.03 Å². The van der Waals surface area contributed by atoms with Crippen LogP contribution < -0.4 is 5.32 Å². The monoisotopic (exact) mass is 363 g/mol. The molecule has 1 aromatic rings. The van der Waals surface area contributed by atoms with Gasteiger partial charge in [-0.15, -0.1) is 0 Å². The van der Waals surface area contributed by atoms with Crippen LogP contribution in [0.3, 0.4) is 0 Å². The summed E-state index contributed by atoms with van der Waals surface area (Å²) < 4.78 is 0. The first-order chi connectivity index (χ1) is 12.5. The van der Waals surface area contributed by atoms with Crippen LogP contribution in [0.1, 0.15) is 44.8 Å². The topological polar surface area (TPSA) is 76.0 Å². The van der Waals surface area contributed by atoms with Gasteiger partial charge in [0.2, 0.25) is 0 Å². The Hall–Kier alpha value is -1.79. The van der Waals surface area contributed by atoms with Gasteiger partial charge in [-0.2, -0.15) is 0 Å². The summed E-state index contributed by atoms with van der Waals surface area (Å²) >= 11 is 0. The number of aliphatic hydroxyl groups is 1. The van der Waals surface area contributed by atoms with Gasteiger partial charge in [-0.25, -0.2) is 4.79 Å². The van der Waals surface area contributed by atoms with Gasteiger partial charge in [-0.3, -0.25) is 0 Å². The van der Waals surface area contributed by atoms with Crippen LogP contribution in [0.2, 0.25) is 0 Å². The first-order valence-electron chi connectivity index (χ1n) is 9.75. The fraction of sp³-hybridized carbons (Fsp3) is 0.650. The number of hydrogen-bond acceptors (Lipinski definition) is 4. The highest BCUT2D eigenvalue weighted by molar-refractivity contribution is 5.74. The molecule has 146 valence electrons. The number of likely N-dealkylation sites (tertiary alicyclic amines) is 1. The van der Waals surface area contributed by atoms with Crippen molar-refractivity contribution in [1.82, 2.24) is 15.1 Å². The molecule has 1 heterocycles. The van der Waals surface area contributed by atoms with E-state index in [9.17, 15) is 15.0 Å². The fourth-order valence-corrected chi connectivity index (χ4v) is 3.49. The van der Waals surface area contributed by atoms with Crippen LogP contribution in [-0.2, 0) is 0 Å². The quantitative estimate of drug-likeness (QED) is 0.663. The summed E-state index contributed by atoms with van der Waals surface area (Å²) in [5, 5.41) is 22.9. The van der Waals surface area contributed by atoms with E-state index in [1.807, 2.05) is 6.92 Å². The Kier molecular flexibility index (Phi) is 8.19. The lowest BCUT2D eigenvalue weighted by Gasteiger charge is -2.31. The molecule has 0 spiro atoms. The number of urea groups is 1. The van der Waals surface area contributed by atoms with Gasteiger partial charge in [0.05, 0.1) is 12.6 Å².